The number of amides is 1. The maximum atomic E-state index is 13.0. The molecule has 0 saturated heterocycles. The van der Waals surface area contributed by atoms with Crippen LogP contribution in [0.1, 0.15) is 296 Å². The molecule has 0 heterocycles. The first kappa shape index (κ1) is 75.7. The molecule has 0 aliphatic rings. The number of phosphoric ester groups is 1. The molecule has 0 aromatic heterocycles. The highest BCUT2D eigenvalue weighted by Crippen LogP contribution is 2.38. The van der Waals surface area contributed by atoms with Crippen LogP contribution in [0.15, 0.2) is 85.1 Å². The summed E-state index contributed by atoms with van der Waals surface area (Å²) in [4.78, 5) is 25.5. The van der Waals surface area contributed by atoms with Gasteiger partial charge >= 0.3 is 0 Å². The fourth-order valence-electron chi connectivity index (χ4n) is 9.51. The maximum absolute atomic E-state index is 13.0. The molecule has 0 aliphatic heterocycles. The zero-order valence-electron chi connectivity index (χ0n) is 51.9. The SMILES string of the molecule is CC/C=C\C/C=C\C/C=C\C/C=C\C/C=C\C/C=C\CCCCCCCCCCCCCCCCCCCCCCCCC(=O)NC(COP(=O)([O-])OCC[N+](C)(C)C)C(O)/C=C/CCCCCCCCCCCCCCC. The second kappa shape index (κ2) is 59.3. The van der Waals surface area contributed by atoms with Gasteiger partial charge in [-0.2, -0.15) is 0 Å². The van der Waals surface area contributed by atoms with Crippen LogP contribution in [0.2, 0.25) is 0 Å². The summed E-state index contributed by atoms with van der Waals surface area (Å²) in [6.45, 7) is 4.55. The van der Waals surface area contributed by atoms with E-state index in [9.17, 15) is 19.4 Å². The number of unbranched alkanes of at least 4 members (excludes halogenated alkanes) is 35. The fourth-order valence-corrected chi connectivity index (χ4v) is 10.2. The minimum atomic E-state index is -4.60. The van der Waals surface area contributed by atoms with Crippen LogP contribution in [-0.2, 0) is 18.4 Å². The van der Waals surface area contributed by atoms with Gasteiger partial charge in [0.15, 0.2) is 0 Å². The Morgan fingerprint density at radius 2 is 0.782 bits per heavy atom. The third kappa shape index (κ3) is 61.3. The molecule has 0 bridgehead atoms. The molecule has 3 atom stereocenters. The molecular weight excluding hydrogens is 984 g/mol. The molecule has 0 fully saturated rings. The Morgan fingerprint density at radius 3 is 1.14 bits per heavy atom. The third-order valence-corrected chi connectivity index (χ3v) is 15.6. The molecule has 0 saturated carbocycles. The lowest BCUT2D eigenvalue weighted by Crippen LogP contribution is -2.45. The summed E-state index contributed by atoms with van der Waals surface area (Å²) in [6, 6.07) is -0.887. The summed E-state index contributed by atoms with van der Waals surface area (Å²) in [6.07, 6.45) is 84.1. The molecule has 0 rings (SSSR count). The van der Waals surface area contributed by atoms with Gasteiger partial charge in [0.25, 0.3) is 7.82 Å². The van der Waals surface area contributed by atoms with Crippen molar-refractivity contribution in [2.24, 2.45) is 0 Å². The van der Waals surface area contributed by atoms with Crippen LogP contribution in [-0.4, -0.2) is 68.5 Å². The number of carbonyl (C=O) groups is 1. The molecule has 78 heavy (non-hydrogen) atoms. The first-order valence-electron chi connectivity index (χ1n) is 32.9. The summed E-state index contributed by atoms with van der Waals surface area (Å²) in [5.74, 6) is -0.194. The minimum Gasteiger partial charge on any atom is -0.756 e. The second-order valence-corrected chi connectivity index (χ2v) is 24.9. The van der Waals surface area contributed by atoms with Crippen LogP contribution in [0.25, 0.3) is 0 Å². The Hall–Kier alpha value is -2.32. The number of aliphatic hydroxyl groups is 1. The normalized spacial score (nSPS) is 14.3. The number of hydrogen-bond acceptors (Lipinski definition) is 6. The van der Waals surface area contributed by atoms with E-state index in [1.165, 1.54) is 199 Å². The van der Waals surface area contributed by atoms with E-state index in [1.807, 2.05) is 27.2 Å². The van der Waals surface area contributed by atoms with Crippen LogP contribution in [0.5, 0.6) is 0 Å². The van der Waals surface area contributed by atoms with Gasteiger partial charge in [-0.15, -0.1) is 0 Å². The lowest BCUT2D eigenvalue weighted by Gasteiger charge is -2.29. The van der Waals surface area contributed by atoms with Gasteiger partial charge in [-0.3, -0.25) is 9.36 Å². The average molecular weight is 1110 g/mol. The Morgan fingerprint density at radius 1 is 0.462 bits per heavy atom. The molecule has 3 unspecified atom stereocenters. The molecule has 454 valence electrons. The molecule has 8 nitrogen and oxygen atoms in total. The molecule has 0 spiro atoms. The quantitative estimate of drug-likeness (QED) is 0.0272. The smallest absolute Gasteiger partial charge is 0.268 e. The Kier molecular flexibility index (Phi) is 57.5. The molecule has 0 aliphatic carbocycles. The molecule has 2 N–H and O–H groups in total. The average Bonchev–Trinajstić information content (AvgIpc) is 3.41. The lowest BCUT2D eigenvalue weighted by molar-refractivity contribution is -0.870. The largest absolute Gasteiger partial charge is 0.756 e. The van der Waals surface area contributed by atoms with E-state index in [4.69, 9.17) is 9.05 Å². The number of likely N-dealkylation sites (N-methyl/N-ethyl adjacent to an activating group) is 1. The van der Waals surface area contributed by atoms with Crippen molar-refractivity contribution in [3.63, 3.8) is 0 Å². The molecule has 0 aromatic carbocycles. The van der Waals surface area contributed by atoms with Crippen LogP contribution in [0.4, 0.5) is 0 Å². The van der Waals surface area contributed by atoms with Crippen LogP contribution >= 0.6 is 7.82 Å². The van der Waals surface area contributed by atoms with E-state index in [0.717, 1.165) is 77.0 Å². The Balaban J connectivity index is 3.92. The van der Waals surface area contributed by atoms with Crippen molar-refractivity contribution in [2.45, 2.75) is 309 Å². The first-order chi connectivity index (χ1) is 38.0. The van der Waals surface area contributed by atoms with Gasteiger partial charge in [-0.05, 0) is 70.6 Å². The standard InChI is InChI=1S/C69H127N2O6P/c1-6-8-10-12-14-16-18-20-22-23-24-25-26-27-28-29-30-31-32-33-34-35-36-37-38-39-40-41-42-43-44-45-46-47-49-51-53-55-57-59-61-63-69(73)70-67(66-77-78(74,75)76-65-64-71(3,4)5)68(72)62-60-58-56-54-52-50-48-21-19-17-15-13-11-9-7-2/h8,10,14,16,20,22,24-25,27-28,30-31,60,62,67-68,72H,6-7,9,11-13,15,17-19,21,23,26,29,32-59,61,63-66H2,1-5H3,(H-,70,73,74,75)/b10-8-,16-14-,22-20-,25-24-,28-27-,31-30-,62-60+. The molecule has 9 heteroatoms. The number of rotatable bonds is 60. The van der Waals surface area contributed by atoms with Crippen LogP contribution in [0.3, 0.4) is 0 Å². The zero-order chi connectivity index (χ0) is 57.0. The van der Waals surface area contributed by atoms with Crippen molar-refractivity contribution in [1.82, 2.24) is 5.32 Å². The highest BCUT2D eigenvalue weighted by atomic mass is 31.2. The zero-order valence-corrected chi connectivity index (χ0v) is 52.7. The summed E-state index contributed by atoms with van der Waals surface area (Å²) < 4.78 is 23.4. The number of aliphatic hydroxyl groups excluding tert-OH is 1. The van der Waals surface area contributed by atoms with Gasteiger partial charge in [0.2, 0.25) is 5.91 Å². The van der Waals surface area contributed by atoms with Crippen molar-refractivity contribution in [2.75, 3.05) is 40.9 Å². The summed E-state index contributed by atoms with van der Waals surface area (Å²) >= 11 is 0. The van der Waals surface area contributed by atoms with E-state index < -0.39 is 20.0 Å². The summed E-state index contributed by atoms with van der Waals surface area (Å²) in [5.41, 5.74) is 0. The number of nitrogens with one attached hydrogen (secondary N) is 1. The van der Waals surface area contributed by atoms with Gasteiger partial charge in [0, 0.05) is 6.42 Å². The van der Waals surface area contributed by atoms with E-state index >= 15 is 0 Å². The fraction of sp³-hybridized carbons (Fsp3) is 0.783. The number of carbonyl (C=O) groups excluding carboxylic acids is 1. The van der Waals surface area contributed by atoms with Gasteiger partial charge in [-0.25, -0.2) is 0 Å². The van der Waals surface area contributed by atoms with E-state index in [-0.39, 0.29) is 19.1 Å². The van der Waals surface area contributed by atoms with E-state index in [0.29, 0.717) is 17.4 Å². The van der Waals surface area contributed by atoms with E-state index in [2.05, 4.69) is 92.1 Å². The summed E-state index contributed by atoms with van der Waals surface area (Å²) in [7, 11) is 1.27. The van der Waals surface area contributed by atoms with Crippen molar-refractivity contribution in [3.05, 3.63) is 85.1 Å². The molecule has 1 amide bonds. The molecule has 0 aromatic rings. The number of hydrogen-bond donors (Lipinski definition) is 2. The highest BCUT2D eigenvalue weighted by Gasteiger charge is 2.23. The summed E-state index contributed by atoms with van der Waals surface area (Å²) in [5, 5.41) is 13.9. The lowest BCUT2D eigenvalue weighted by atomic mass is 10.0. The number of nitrogens with zero attached hydrogens (tertiary/aromatic N) is 1. The maximum Gasteiger partial charge on any atom is 0.268 e. The second-order valence-electron chi connectivity index (χ2n) is 23.4. The Labute approximate surface area is 484 Å². The van der Waals surface area contributed by atoms with Crippen molar-refractivity contribution in [1.29, 1.82) is 0 Å². The molecule has 0 radical (unpaired) electrons. The first-order valence-corrected chi connectivity index (χ1v) is 34.4. The third-order valence-electron chi connectivity index (χ3n) is 14.6. The topological polar surface area (TPSA) is 108 Å². The Bertz CT molecular complexity index is 1550. The number of phosphoric acid groups is 1. The minimum absolute atomic E-state index is 0.00108. The number of allylic oxidation sites excluding steroid dienone is 13. The predicted molar refractivity (Wildman–Crippen MR) is 339 cm³/mol. The van der Waals surface area contributed by atoms with Gasteiger partial charge < -0.3 is 28.8 Å². The number of quaternary nitrogens is 1. The van der Waals surface area contributed by atoms with Gasteiger partial charge in [0.05, 0.1) is 39.9 Å². The monoisotopic (exact) mass is 1110 g/mol. The van der Waals surface area contributed by atoms with E-state index in [1.54, 1.807) is 6.08 Å². The van der Waals surface area contributed by atoms with Gasteiger partial charge in [-0.1, -0.05) is 304 Å². The predicted octanol–water partition coefficient (Wildman–Crippen LogP) is 20.1. The van der Waals surface area contributed by atoms with Crippen LogP contribution in [0, 0.1) is 0 Å². The van der Waals surface area contributed by atoms with Gasteiger partial charge in [0.1, 0.15) is 13.2 Å². The highest BCUT2D eigenvalue weighted by molar-refractivity contribution is 7.45. The van der Waals surface area contributed by atoms with Crippen molar-refractivity contribution >= 4 is 13.7 Å². The van der Waals surface area contributed by atoms with Crippen molar-refractivity contribution < 1.29 is 32.9 Å². The molecular formula is C69H127N2O6P. The van der Waals surface area contributed by atoms with Crippen molar-refractivity contribution in [3.8, 4) is 0 Å². The van der Waals surface area contributed by atoms with Crippen LogP contribution < -0.4 is 10.2 Å².